The van der Waals surface area contributed by atoms with E-state index in [0.29, 0.717) is 0 Å². The second-order valence-electron chi connectivity index (χ2n) is 5.79. The minimum Gasteiger partial charge on any atom is -0.480 e. The number of amides is 3. The van der Waals surface area contributed by atoms with E-state index >= 15 is 0 Å². The van der Waals surface area contributed by atoms with Crippen molar-refractivity contribution >= 4 is 18.1 Å². The summed E-state index contributed by atoms with van der Waals surface area (Å²) in [6.45, 7) is 4.63. The van der Waals surface area contributed by atoms with Crippen molar-refractivity contribution in [3.63, 3.8) is 0 Å². The van der Waals surface area contributed by atoms with Gasteiger partial charge in [-0.3, -0.25) is 4.79 Å². The zero-order valence-electron chi connectivity index (χ0n) is 13.3. The van der Waals surface area contributed by atoms with Crippen molar-refractivity contribution in [2.45, 2.75) is 32.9 Å². The van der Waals surface area contributed by atoms with E-state index in [-0.39, 0.29) is 6.54 Å². The molecule has 23 heavy (non-hydrogen) atoms. The van der Waals surface area contributed by atoms with Crippen LogP contribution in [-0.4, -0.2) is 40.2 Å². The fourth-order valence-electron chi connectivity index (χ4n) is 1.65. The van der Waals surface area contributed by atoms with Gasteiger partial charge in [-0.2, -0.15) is 0 Å². The average Bonchev–Trinajstić information content (AvgIpc) is 2.43. The highest BCUT2D eigenvalue weighted by Crippen LogP contribution is 2.06. The summed E-state index contributed by atoms with van der Waals surface area (Å²) >= 11 is 0. The lowest BCUT2D eigenvalue weighted by Crippen LogP contribution is -2.50. The van der Waals surface area contributed by atoms with Crippen LogP contribution in [0.4, 0.5) is 9.59 Å². The van der Waals surface area contributed by atoms with Gasteiger partial charge in [-0.1, -0.05) is 30.3 Å². The smallest absolute Gasteiger partial charge is 0.426 e. The maximum absolute atomic E-state index is 12.0. The van der Waals surface area contributed by atoms with Crippen molar-refractivity contribution < 1.29 is 24.2 Å². The SMILES string of the molecule is CC(C)(C)OC(=O)NNC(=O)N(CC(=O)O)Cc1ccccc1. The Balaban J connectivity index is 2.62. The summed E-state index contributed by atoms with van der Waals surface area (Å²) in [6, 6.07) is 8.17. The van der Waals surface area contributed by atoms with Gasteiger partial charge in [-0.25, -0.2) is 20.4 Å². The summed E-state index contributed by atoms with van der Waals surface area (Å²) < 4.78 is 4.97. The molecule has 0 aromatic heterocycles. The number of urea groups is 1. The zero-order valence-corrected chi connectivity index (χ0v) is 13.3. The van der Waals surface area contributed by atoms with E-state index < -0.39 is 30.2 Å². The number of hydrogen-bond acceptors (Lipinski definition) is 4. The molecule has 0 saturated carbocycles. The van der Waals surface area contributed by atoms with Crippen LogP contribution in [-0.2, 0) is 16.1 Å². The number of hydrazine groups is 1. The van der Waals surface area contributed by atoms with Gasteiger partial charge < -0.3 is 14.7 Å². The number of nitrogens with one attached hydrogen (secondary N) is 2. The predicted octanol–water partition coefficient (Wildman–Crippen LogP) is 1.72. The van der Waals surface area contributed by atoms with Gasteiger partial charge in [0.2, 0.25) is 0 Å². The van der Waals surface area contributed by atoms with E-state index in [0.717, 1.165) is 10.5 Å². The minimum absolute atomic E-state index is 0.0922. The normalized spacial score (nSPS) is 10.6. The standard InChI is InChI=1S/C15H21N3O5/c1-15(2,3)23-14(22)17-16-13(21)18(10-12(19)20)9-11-7-5-4-6-8-11/h4-8H,9-10H2,1-3H3,(H,16,21)(H,17,22)(H,19,20). The number of benzene rings is 1. The third kappa shape index (κ3) is 7.70. The van der Waals surface area contributed by atoms with Gasteiger partial charge in [0.1, 0.15) is 12.1 Å². The van der Waals surface area contributed by atoms with Crippen molar-refractivity contribution in [2.75, 3.05) is 6.54 Å². The molecule has 8 heteroatoms. The molecule has 0 aliphatic carbocycles. The molecule has 0 bridgehead atoms. The van der Waals surface area contributed by atoms with E-state index in [1.54, 1.807) is 45.0 Å². The predicted molar refractivity (Wildman–Crippen MR) is 82.4 cm³/mol. The van der Waals surface area contributed by atoms with Gasteiger partial charge in [-0.05, 0) is 26.3 Å². The van der Waals surface area contributed by atoms with Crippen LogP contribution in [0.5, 0.6) is 0 Å². The third-order valence-corrected chi connectivity index (χ3v) is 2.50. The Hall–Kier alpha value is -2.77. The van der Waals surface area contributed by atoms with Crippen molar-refractivity contribution in [1.29, 1.82) is 0 Å². The van der Waals surface area contributed by atoms with Crippen molar-refractivity contribution in [3.8, 4) is 0 Å². The molecule has 0 aliphatic heterocycles. The van der Waals surface area contributed by atoms with Crippen LogP contribution in [0.2, 0.25) is 0 Å². The molecule has 1 aromatic carbocycles. The Morgan fingerprint density at radius 3 is 2.26 bits per heavy atom. The molecule has 0 radical (unpaired) electrons. The maximum Gasteiger partial charge on any atom is 0.426 e. The topological polar surface area (TPSA) is 108 Å². The van der Waals surface area contributed by atoms with E-state index in [9.17, 15) is 14.4 Å². The molecule has 0 unspecified atom stereocenters. The quantitative estimate of drug-likeness (QED) is 0.731. The third-order valence-electron chi connectivity index (χ3n) is 2.50. The summed E-state index contributed by atoms with van der Waals surface area (Å²) in [4.78, 5) is 35.5. The van der Waals surface area contributed by atoms with Gasteiger partial charge >= 0.3 is 18.1 Å². The van der Waals surface area contributed by atoms with Gasteiger partial charge in [0, 0.05) is 6.54 Å². The lowest BCUT2D eigenvalue weighted by molar-refractivity contribution is -0.137. The number of nitrogens with zero attached hydrogens (tertiary/aromatic N) is 1. The second-order valence-corrected chi connectivity index (χ2v) is 5.79. The van der Waals surface area contributed by atoms with E-state index in [1.165, 1.54) is 0 Å². The molecule has 1 rings (SSSR count). The summed E-state index contributed by atoms with van der Waals surface area (Å²) in [6.07, 6.45) is -0.833. The largest absolute Gasteiger partial charge is 0.480 e. The first-order valence-corrected chi connectivity index (χ1v) is 6.97. The van der Waals surface area contributed by atoms with Crippen molar-refractivity contribution in [3.05, 3.63) is 35.9 Å². The fourth-order valence-corrected chi connectivity index (χ4v) is 1.65. The number of carbonyl (C=O) groups excluding carboxylic acids is 2. The summed E-state index contributed by atoms with van der Waals surface area (Å²) in [5, 5.41) is 8.91. The lowest BCUT2D eigenvalue weighted by Gasteiger charge is -2.23. The summed E-state index contributed by atoms with van der Waals surface area (Å²) in [5.41, 5.74) is 4.27. The first kappa shape index (κ1) is 18.3. The van der Waals surface area contributed by atoms with Gasteiger partial charge in [-0.15, -0.1) is 0 Å². The number of aliphatic carboxylic acids is 1. The molecular weight excluding hydrogens is 302 g/mol. The lowest BCUT2D eigenvalue weighted by atomic mass is 10.2. The maximum atomic E-state index is 12.0. The summed E-state index contributed by atoms with van der Waals surface area (Å²) in [7, 11) is 0. The molecular formula is C15H21N3O5. The molecule has 0 heterocycles. The number of hydrogen-bond donors (Lipinski definition) is 3. The molecule has 3 amide bonds. The van der Waals surface area contributed by atoms with Crippen molar-refractivity contribution in [2.24, 2.45) is 0 Å². The molecule has 0 fully saturated rings. The molecule has 0 atom stereocenters. The average molecular weight is 323 g/mol. The molecule has 8 nitrogen and oxygen atoms in total. The van der Waals surface area contributed by atoms with E-state index in [2.05, 4.69) is 10.9 Å². The highest BCUT2D eigenvalue weighted by atomic mass is 16.6. The van der Waals surface area contributed by atoms with E-state index in [1.807, 2.05) is 6.07 Å². The van der Waals surface area contributed by atoms with Crippen LogP contribution in [0.1, 0.15) is 26.3 Å². The monoisotopic (exact) mass is 323 g/mol. The number of rotatable bonds is 4. The van der Waals surface area contributed by atoms with Crippen LogP contribution in [0.3, 0.4) is 0 Å². The van der Waals surface area contributed by atoms with Crippen LogP contribution >= 0.6 is 0 Å². The zero-order chi connectivity index (χ0) is 17.5. The Morgan fingerprint density at radius 1 is 1.13 bits per heavy atom. The van der Waals surface area contributed by atoms with Gasteiger partial charge in [0.15, 0.2) is 0 Å². The molecule has 0 aliphatic rings. The second kappa shape index (κ2) is 8.02. The fraction of sp³-hybridized carbons (Fsp3) is 0.400. The first-order valence-electron chi connectivity index (χ1n) is 6.97. The van der Waals surface area contributed by atoms with Crippen LogP contribution in [0.15, 0.2) is 30.3 Å². The molecule has 3 N–H and O–H groups in total. The summed E-state index contributed by atoms with van der Waals surface area (Å²) in [5.74, 6) is -1.16. The Kier molecular flexibility index (Phi) is 6.37. The minimum atomic E-state index is -1.16. The van der Waals surface area contributed by atoms with Crippen LogP contribution in [0.25, 0.3) is 0 Å². The highest BCUT2D eigenvalue weighted by Gasteiger charge is 2.20. The van der Waals surface area contributed by atoms with Crippen molar-refractivity contribution in [1.82, 2.24) is 15.8 Å². The van der Waals surface area contributed by atoms with Gasteiger partial charge in [0.05, 0.1) is 0 Å². The highest BCUT2D eigenvalue weighted by molar-refractivity contribution is 5.81. The molecule has 1 aromatic rings. The molecule has 126 valence electrons. The Bertz CT molecular complexity index is 554. The first-order chi connectivity index (χ1) is 10.7. The molecule has 0 saturated heterocycles. The number of carboxylic acid groups (broad SMARTS) is 1. The van der Waals surface area contributed by atoms with Crippen LogP contribution < -0.4 is 10.9 Å². The van der Waals surface area contributed by atoms with Gasteiger partial charge in [0.25, 0.3) is 0 Å². The number of ether oxygens (including phenoxy) is 1. The van der Waals surface area contributed by atoms with Crippen LogP contribution in [0, 0.1) is 0 Å². The Morgan fingerprint density at radius 2 is 1.74 bits per heavy atom. The number of carboxylic acids is 1. The van der Waals surface area contributed by atoms with E-state index in [4.69, 9.17) is 9.84 Å². The Labute approximate surface area is 134 Å². The molecule has 0 spiro atoms. The number of carbonyl (C=O) groups is 3.